The molecule has 19 heavy (non-hydrogen) atoms. The molecule has 1 heterocycles. The number of fused-ring (bicyclic) bond motifs is 1. The highest BCUT2D eigenvalue weighted by molar-refractivity contribution is 8.01. The molecule has 3 rings (SSSR count). The molecule has 0 bridgehead atoms. The van der Waals surface area contributed by atoms with E-state index in [4.69, 9.17) is 9.31 Å². The van der Waals surface area contributed by atoms with Crippen molar-refractivity contribution in [3.8, 4) is 11.5 Å². The Kier molecular flexibility index (Phi) is 3.51. The van der Waals surface area contributed by atoms with Crippen LogP contribution in [0.5, 0.6) is 11.5 Å². The van der Waals surface area contributed by atoms with Crippen LogP contribution in [0.25, 0.3) is 5.47 Å². The molecule has 0 unspecified atom stereocenters. The van der Waals surface area contributed by atoms with Gasteiger partial charge in [0.25, 0.3) is 0 Å². The molecule has 0 N–H and O–H groups in total. The van der Waals surface area contributed by atoms with Crippen molar-refractivity contribution in [2.45, 2.75) is 0 Å². The van der Waals surface area contributed by atoms with Gasteiger partial charge in [0, 0.05) is 5.47 Å². The predicted molar refractivity (Wildman–Crippen MR) is 81.4 cm³/mol. The minimum atomic E-state index is -0.368. The van der Waals surface area contributed by atoms with Crippen LogP contribution in [0.3, 0.4) is 0 Å². The normalized spacial score (nSPS) is 13.7. The Labute approximate surface area is 117 Å². The summed E-state index contributed by atoms with van der Waals surface area (Å²) in [6.45, 7) is 0. The van der Waals surface area contributed by atoms with Gasteiger partial charge < -0.3 is 9.31 Å². The summed E-state index contributed by atoms with van der Waals surface area (Å²) in [6.07, 6.45) is 2.03. The fraction of sp³-hybridized carbons (Fsp3) is 0.0667. The molecule has 0 saturated heterocycles. The molecule has 1 aliphatic rings. The average molecular weight is 268 g/mol. The molecule has 0 fully saturated rings. The summed E-state index contributed by atoms with van der Waals surface area (Å²) >= 11 is 1.65. The molecule has 0 atom stereocenters. The molecule has 0 radical (unpaired) electrons. The van der Waals surface area contributed by atoms with Gasteiger partial charge in [0.15, 0.2) is 0 Å². The van der Waals surface area contributed by atoms with Gasteiger partial charge in [0.05, 0.1) is 0 Å². The van der Waals surface area contributed by atoms with Gasteiger partial charge in [-0.25, -0.2) is 0 Å². The molecule has 0 aromatic heterocycles. The second-order valence-corrected chi connectivity index (χ2v) is 4.90. The Morgan fingerprint density at radius 2 is 1.53 bits per heavy atom. The van der Waals surface area contributed by atoms with E-state index in [1.165, 1.54) is 0 Å². The van der Waals surface area contributed by atoms with Gasteiger partial charge in [-0.05, 0) is 29.4 Å². The van der Waals surface area contributed by atoms with Crippen molar-refractivity contribution in [2.24, 2.45) is 0 Å². The topological polar surface area (TPSA) is 18.5 Å². The van der Waals surface area contributed by atoms with Crippen molar-refractivity contribution in [3.05, 3.63) is 65.6 Å². The first-order chi connectivity index (χ1) is 9.38. The fourth-order valence-corrected chi connectivity index (χ4v) is 2.54. The van der Waals surface area contributed by atoms with Crippen LogP contribution in [-0.4, -0.2) is 13.4 Å². The smallest absolute Gasteiger partial charge is 0.519 e. The third-order valence-corrected chi connectivity index (χ3v) is 3.41. The Morgan fingerprint density at radius 3 is 2.11 bits per heavy atom. The summed E-state index contributed by atoms with van der Waals surface area (Å²) < 4.78 is 11.7. The molecule has 94 valence electrons. The summed E-state index contributed by atoms with van der Waals surface area (Å²) in [5, 5.41) is 2.08. The summed E-state index contributed by atoms with van der Waals surface area (Å²) in [5.74, 6) is 1.60. The van der Waals surface area contributed by atoms with Crippen molar-refractivity contribution in [3.63, 3.8) is 0 Å². The van der Waals surface area contributed by atoms with Crippen molar-refractivity contribution in [1.82, 2.24) is 0 Å². The first kappa shape index (κ1) is 12.2. The van der Waals surface area contributed by atoms with E-state index in [1.807, 2.05) is 48.7 Å². The van der Waals surface area contributed by atoms with Crippen molar-refractivity contribution < 1.29 is 9.31 Å². The number of para-hydroxylation sites is 2. The largest absolute Gasteiger partial charge is 0.633 e. The third-order valence-electron chi connectivity index (χ3n) is 2.92. The van der Waals surface area contributed by atoms with Gasteiger partial charge in [0.1, 0.15) is 11.5 Å². The van der Waals surface area contributed by atoms with E-state index < -0.39 is 0 Å². The zero-order valence-electron chi connectivity index (χ0n) is 10.6. The zero-order valence-corrected chi connectivity index (χ0v) is 11.4. The van der Waals surface area contributed by atoms with Gasteiger partial charge >= 0.3 is 7.12 Å². The van der Waals surface area contributed by atoms with E-state index in [-0.39, 0.29) is 7.12 Å². The van der Waals surface area contributed by atoms with Crippen LogP contribution in [0.15, 0.2) is 60.0 Å². The van der Waals surface area contributed by atoms with E-state index in [9.17, 15) is 0 Å². The van der Waals surface area contributed by atoms with Crippen LogP contribution in [0, 0.1) is 0 Å². The molecule has 0 spiro atoms. The van der Waals surface area contributed by atoms with Gasteiger partial charge in [-0.15, -0.1) is 11.8 Å². The quantitative estimate of drug-likeness (QED) is 0.787. The first-order valence-corrected chi connectivity index (χ1v) is 7.38. The number of rotatable bonds is 3. The Balaban J connectivity index is 1.91. The summed E-state index contributed by atoms with van der Waals surface area (Å²) in [5.41, 5.74) is 2.17. The lowest BCUT2D eigenvalue weighted by Gasteiger charge is -2.09. The van der Waals surface area contributed by atoms with Crippen LogP contribution in [0.4, 0.5) is 0 Å². The maximum Gasteiger partial charge on any atom is 0.633 e. The maximum atomic E-state index is 5.87. The van der Waals surface area contributed by atoms with Gasteiger partial charge in [-0.1, -0.05) is 42.5 Å². The summed E-state index contributed by atoms with van der Waals surface area (Å²) in [6, 6.07) is 17.9. The zero-order chi connectivity index (χ0) is 13.1. The number of hydrogen-bond donors (Lipinski definition) is 0. The molecular formula is C15H13BO2S. The monoisotopic (exact) mass is 268 g/mol. The first-order valence-electron chi connectivity index (χ1n) is 6.09. The number of hydrogen-bond acceptors (Lipinski definition) is 3. The summed E-state index contributed by atoms with van der Waals surface area (Å²) in [4.78, 5) is 0. The number of thioether (sulfide) groups is 1. The van der Waals surface area contributed by atoms with Crippen LogP contribution < -0.4 is 9.31 Å². The van der Waals surface area contributed by atoms with Gasteiger partial charge in [0.2, 0.25) is 0 Å². The van der Waals surface area contributed by atoms with E-state index in [2.05, 4.69) is 17.5 Å². The molecule has 2 aromatic carbocycles. The van der Waals surface area contributed by atoms with E-state index in [1.54, 1.807) is 11.8 Å². The fourth-order valence-electron chi connectivity index (χ4n) is 2.04. The minimum absolute atomic E-state index is 0.368. The second kappa shape index (κ2) is 5.45. The molecule has 2 nitrogen and oxygen atoms in total. The molecule has 0 aliphatic carbocycles. The van der Waals surface area contributed by atoms with Crippen LogP contribution >= 0.6 is 11.8 Å². The van der Waals surface area contributed by atoms with Crippen molar-refractivity contribution >= 4 is 24.4 Å². The van der Waals surface area contributed by atoms with Crippen LogP contribution in [0.2, 0.25) is 0 Å². The highest BCUT2D eigenvalue weighted by atomic mass is 32.2. The molecule has 0 saturated carbocycles. The minimum Gasteiger partial charge on any atom is -0.519 e. The lowest BCUT2D eigenvalue weighted by atomic mass is 9.75. The molecular weight excluding hydrogens is 255 g/mol. The molecule has 4 heteroatoms. The molecule has 1 aliphatic heterocycles. The van der Waals surface area contributed by atoms with E-state index >= 15 is 0 Å². The Bertz CT molecular complexity index is 573. The van der Waals surface area contributed by atoms with Crippen molar-refractivity contribution in [1.29, 1.82) is 0 Å². The SMILES string of the molecule is CS/C=C(/B1Oc2ccccc2O1)c1ccccc1. The lowest BCUT2D eigenvalue weighted by Crippen LogP contribution is -2.26. The van der Waals surface area contributed by atoms with Crippen LogP contribution in [0.1, 0.15) is 5.56 Å². The molecule has 0 amide bonds. The second-order valence-electron chi connectivity index (χ2n) is 4.19. The van der Waals surface area contributed by atoms with Crippen molar-refractivity contribution in [2.75, 3.05) is 6.26 Å². The van der Waals surface area contributed by atoms with E-state index in [0.29, 0.717) is 0 Å². The summed E-state index contributed by atoms with van der Waals surface area (Å²) in [7, 11) is -0.368. The Morgan fingerprint density at radius 1 is 0.947 bits per heavy atom. The standard InChI is InChI=1S/C15H13BO2S/c1-19-11-13(12-7-3-2-4-8-12)16-17-14-9-5-6-10-15(14)18-16/h2-11H,1H3/b13-11+. The van der Waals surface area contributed by atoms with E-state index in [0.717, 1.165) is 22.5 Å². The molecule has 2 aromatic rings. The predicted octanol–water partition coefficient (Wildman–Crippen LogP) is 3.89. The Hall–Kier alpha value is -1.81. The van der Waals surface area contributed by atoms with Crippen LogP contribution in [-0.2, 0) is 0 Å². The number of benzene rings is 2. The highest BCUT2D eigenvalue weighted by Gasteiger charge is 2.36. The average Bonchev–Trinajstić information content (AvgIpc) is 2.89. The maximum absolute atomic E-state index is 5.87. The van der Waals surface area contributed by atoms with Gasteiger partial charge in [-0.2, -0.15) is 0 Å². The highest BCUT2D eigenvalue weighted by Crippen LogP contribution is 2.36. The third kappa shape index (κ3) is 2.49. The lowest BCUT2D eigenvalue weighted by molar-refractivity contribution is 0.520. The van der Waals surface area contributed by atoms with Gasteiger partial charge in [-0.3, -0.25) is 0 Å².